The van der Waals surface area contributed by atoms with Crippen LogP contribution in [0.3, 0.4) is 0 Å². The zero-order valence-corrected chi connectivity index (χ0v) is 22.7. The highest BCUT2D eigenvalue weighted by Gasteiger charge is 2.30. The van der Waals surface area contributed by atoms with E-state index in [2.05, 4.69) is 18.7 Å². The topological polar surface area (TPSA) is 49.4 Å². The monoisotopic (exact) mass is 469 g/mol. The Hall–Kier alpha value is 0.620. The van der Waals surface area contributed by atoms with Crippen LogP contribution >= 0.6 is 17.2 Å². The summed E-state index contributed by atoms with van der Waals surface area (Å²) in [7, 11) is 1.25. The van der Waals surface area contributed by atoms with Crippen LogP contribution in [-0.4, -0.2) is 87.6 Å². The van der Waals surface area contributed by atoms with Crippen molar-refractivity contribution in [3.63, 3.8) is 0 Å². The largest absolute Gasteiger partial charge is 0.380 e. The fourth-order valence-corrected chi connectivity index (χ4v) is 6.46. The molecule has 182 valence electrons. The van der Waals surface area contributed by atoms with Crippen molar-refractivity contribution >= 4 is 17.2 Å². The maximum Gasteiger partial charge on any atom is 0.183 e. The van der Waals surface area contributed by atoms with Crippen LogP contribution in [0.2, 0.25) is 0 Å². The molecule has 0 N–H and O–H groups in total. The summed E-state index contributed by atoms with van der Waals surface area (Å²) >= 11 is 0. The van der Waals surface area contributed by atoms with Crippen LogP contribution in [0, 0.1) is 0 Å². The molecule has 0 aromatic heterocycles. The van der Waals surface area contributed by atoms with Gasteiger partial charge in [0.15, 0.2) is 11.1 Å². The average molecular weight is 470 g/mol. The minimum absolute atomic E-state index is 0.419. The second kappa shape index (κ2) is 19.1. The summed E-state index contributed by atoms with van der Waals surface area (Å²) in [6.07, 6.45) is 3.90. The Kier molecular flexibility index (Phi) is 19.5. The van der Waals surface area contributed by atoms with Gasteiger partial charge in [0.2, 0.25) is 0 Å². The van der Waals surface area contributed by atoms with Gasteiger partial charge in [-0.3, -0.25) is 0 Å². The zero-order chi connectivity index (χ0) is 22.7. The van der Waals surface area contributed by atoms with Gasteiger partial charge in [0.05, 0.1) is 6.61 Å². The van der Waals surface area contributed by atoms with Crippen LogP contribution in [0.25, 0.3) is 0 Å². The first-order valence-corrected chi connectivity index (χ1v) is 14.3. The van der Waals surface area contributed by atoms with Gasteiger partial charge in [-0.2, -0.15) is 0 Å². The van der Waals surface area contributed by atoms with Gasteiger partial charge in [0.1, 0.15) is 0 Å². The van der Waals surface area contributed by atoms with E-state index in [0.29, 0.717) is 43.6 Å². The lowest BCUT2D eigenvalue weighted by Crippen LogP contribution is -2.36. The fraction of sp³-hybridized carbons (Fsp3) is 1.00. The minimum atomic E-state index is -0.419. The predicted octanol–water partition coefficient (Wildman–Crippen LogP) is 4.96. The van der Waals surface area contributed by atoms with Crippen molar-refractivity contribution < 1.29 is 23.7 Å². The van der Waals surface area contributed by atoms with Gasteiger partial charge < -0.3 is 28.6 Å². The number of rotatable bonds is 22. The van der Waals surface area contributed by atoms with E-state index >= 15 is 0 Å². The molecule has 0 aromatic rings. The van der Waals surface area contributed by atoms with Crippen molar-refractivity contribution in [2.45, 2.75) is 72.4 Å². The van der Waals surface area contributed by atoms with Crippen molar-refractivity contribution in [1.29, 1.82) is 0 Å². The van der Waals surface area contributed by atoms with Gasteiger partial charge in [0.25, 0.3) is 0 Å². The maximum atomic E-state index is 6.01. The van der Waals surface area contributed by atoms with E-state index in [4.69, 9.17) is 23.7 Å². The standard InChI is InChI=1S/C22H49NO5P2/c1-8-21(25-11-4,26-12-5)29-19-16-23(15-18-24-10-3)17-20-30-22(9-2,27-13-6)28-14-7/h29-30H,8-20H2,1-7H3. The summed E-state index contributed by atoms with van der Waals surface area (Å²) in [6, 6.07) is 0. The first-order valence-electron chi connectivity index (χ1n) is 11.9. The maximum absolute atomic E-state index is 6.01. The number of ether oxygens (including phenoxy) is 5. The molecule has 0 bridgehead atoms. The molecule has 0 aromatic carbocycles. The third-order valence-corrected chi connectivity index (χ3v) is 8.15. The summed E-state index contributed by atoms with van der Waals surface area (Å²) < 4.78 is 29.7. The molecule has 2 atom stereocenters. The van der Waals surface area contributed by atoms with E-state index in [0.717, 1.165) is 58.0 Å². The molecule has 0 aliphatic carbocycles. The molecule has 0 aliphatic rings. The first kappa shape index (κ1) is 30.6. The summed E-state index contributed by atoms with van der Waals surface area (Å²) in [5, 5.41) is 0. The minimum Gasteiger partial charge on any atom is -0.380 e. The predicted molar refractivity (Wildman–Crippen MR) is 132 cm³/mol. The SMILES string of the molecule is CCOCCN(CCPC(CC)(OCC)OCC)CCPC(CC)(OCC)OCC. The van der Waals surface area contributed by atoms with Crippen LogP contribution in [0.5, 0.6) is 0 Å². The highest BCUT2D eigenvalue weighted by atomic mass is 31.1. The molecule has 30 heavy (non-hydrogen) atoms. The first-order chi connectivity index (χ1) is 14.5. The molecule has 2 unspecified atom stereocenters. The normalized spacial score (nSPS) is 13.6. The Bertz CT molecular complexity index is 349. The Morgan fingerprint density at radius 1 is 0.567 bits per heavy atom. The zero-order valence-electron chi connectivity index (χ0n) is 20.7. The summed E-state index contributed by atoms with van der Waals surface area (Å²) in [6.45, 7) is 21.8. The molecule has 8 heteroatoms. The fourth-order valence-electron chi connectivity index (χ4n) is 3.36. The van der Waals surface area contributed by atoms with Crippen LogP contribution in [0.1, 0.15) is 61.3 Å². The van der Waals surface area contributed by atoms with E-state index in [1.54, 1.807) is 0 Å². The van der Waals surface area contributed by atoms with Crippen molar-refractivity contribution in [1.82, 2.24) is 4.90 Å². The molecule has 0 heterocycles. The number of hydrogen-bond acceptors (Lipinski definition) is 6. The van der Waals surface area contributed by atoms with Crippen molar-refractivity contribution in [2.75, 3.05) is 71.6 Å². The van der Waals surface area contributed by atoms with Crippen LogP contribution in [0.4, 0.5) is 0 Å². The lowest BCUT2D eigenvalue weighted by atomic mass is 10.4. The third-order valence-electron chi connectivity index (χ3n) is 4.84. The van der Waals surface area contributed by atoms with Crippen LogP contribution < -0.4 is 0 Å². The third kappa shape index (κ3) is 12.6. The van der Waals surface area contributed by atoms with Crippen LogP contribution in [0.15, 0.2) is 0 Å². The Balaban J connectivity index is 4.78. The van der Waals surface area contributed by atoms with Crippen molar-refractivity contribution in [3.05, 3.63) is 0 Å². The second-order valence-electron chi connectivity index (χ2n) is 6.84. The second-order valence-corrected chi connectivity index (χ2v) is 10.1. The van der Waals surface area contributed by atoms with Gasteiger partial charge in [0, 0.05) is 65.5 Å². The molecule has 0 fully saturated rings. The highest BCUT2D eigenvalue weighted by Crippen LogP contribution is 2.39. The summed E-state index contributed by atoms with van der Waals surface area (Å²) in [5.74, 6) is 0. The van der Waals surface area contributed by atoms with Crippen molar-refractivity contribution in [3.8, 4) is 0 Å². The van der Waals surface area contributed by atoms with E-state index in [-0.39, 0.29) is 0 Å². The molecule has 0 saturated heterocycles. The quantitative estimate of drug-likeness (QED) is 0.127. The Morgan fingerprint density at radius 2 is 0.967 bits per heavy atom. The molecule has 0 spiro atoms. The number of nitrogens with zero attached hydrogens (tertiary/aromatic N) is 1. The summed E-state index contributed by atoms with van der Waals surface area (Å²) in [4.78, 5) is 2.51. The molecular formula is C22H49NO5P2. The molecule has 0 radical (unpaired) electrons. The van der Waals surface area contributed by atoms with E-state index in [1.807, 2.05) is 34.6 Å². The molecular weight excluding hydrogens is 420 g/mol. The summed E-state index contributed by atoms with van der Waals surface area (Å²) in [5.41, 5.74) is -0.837. The lowest BCUT2D eigenvalue weighted by molar-refractivity contribution is -0.169. The van der Waals surface area contributed by atoms with E-state index < -0.39 is 11.1 Å². The van der Waals surface area contributed by atoms with E-state index in [9.17, 15) is 0 Å². The van der Waals surface area contributed by atoms with Gasteiger partial charge >= 0.3 is 0 Å². The van der Waals surface area contributed by atoms with Crippen molar-refractivity contribution in [2.24, 2.45) is 0 Å². The Morgan fingerprint density at radius 3 is 1.27 bits per heavy atom. The number of hydrogen-bond donors (Lipinski definition) is 0. The molecule has 0 rings (SSSR count). The van der Waals surface area contributed by atoms with Gasteiger partial charge in [-0.25, -0.2) is 0 Å². The van der Waals surface area contributed by atoms with Gasteiger partial charge in [-0.05, 0) is 46.9 Å². The molecule has 0 aliphatic heterocycles. The Labute approximate surface area is 190 Å². The van der Waals surface area contributed by atoms with E-state index in [1.165, 1.54) is 0 Å². The highest BCUT2D eigenvalue weighted by molar-refractivity contribution is 7.39. The van der Waals surface area contributed by atoms with Gasteiger partial charge in [-0.15, -0.1) is 0 Å². The van der Waals surface area contributed by atoms with Gasteiger partial charge in [-0.1, -0.05) is 31.0 Å². The molecule has 0 saturated carbocycles. The lowest BCUT2D eigenvalue weighted by Gasteiger charge is -2.34. The molecule has 6 nitrogen and oxygen atoms in total. The van der Waals surface area contributed by atoms with Crippen LogP contribution in [-0.2, 0) is 23.7 Å². The smallest absolute Gasteiger partial charge is 0.183 e. The average Bonchev–Trinajstić information content (AvgIpc) is 2.74. The molecule has 0 amide bonds.